The van der Waals surface area contributed by atoms with Crippen LogP contribution in [0.25, 0.3) is 0 Å². The van der Waals surface area contributed by atoms with Gasteiger partial charge in [-0.2, -0.15) is 0 Å². The molecular formula is C21H26N4O2. The van der Waals surface area contributed by atoms with Crippen LogP contribution in [0.15, 0.2) is 36.7 Å². The van der Waals surface area contributed by atoms with Crippen LogP contribution in [0.2, 0.25) is 0 Å². The minimum atomic E-state index is -0.0864. The predicted octanol–water partition coefficient (Wildman–Crippen LogP) is 2.86. The van der Waals surface area contributed by atoms with Crippen LogP contribution in [0.5, 0.6) is 0 Å². The highest BCUT2D eigenvalue weighted by atomic mass is 16.5. The fourth-order valence-corrected chi connectivity index (χ4v) is 3.80. The van der Waals surface area contributed by atoms with E-state index >= 15 is 0 Å². The molecule has 2 aromatic rings. The SMILES string of the molecule is O=C(NCc1cnc2c(c1)CCC2)N(Cc1ccccn1)C[C@@H]1CCCO1. The number of fused-ring (bicyclic) bond motifs is 1. The number of nitrogens with one attached hydrogen (secondary N) is 1. The molecule has 4 rings (SSSR count). The molecular weight excluding hydrogens is 340 g/mol. The van der Waals surface area contributed by atoms with Crippen molar-refractivity contribution in [3.8, 4) is 0 Å². The highest BCUT2D eigenvalue weighted by Gasteiger charge is 2.23. The molecule has 1 aliphatic carbocycles. The average molecular weight is 366 g/mol. The molecule has 0 unspecified atom stereocenters. The van der Waals surface area contributed by atoms with Gasteiger partial charge in [0.1, 0.15) is 0 Å². The fourth-order valence-electron chi connectivity index (χ4n) is 3.80. The molecule has 0 saturated carbocycles. The summed E-state index contributed by atoms with van der Waals surface area (Å²) in [5, 5.41) is 3.05. The summed E-state index contributed by atoms with van der Waals surface area (Å²) in [4.78, 5) is 23.6. The molecule has 0 radical (unpaired) electrons. The largest absolute Gasteiger partial charge is 0.376 e. The number of hydrogen-bond donors (Lipinski definition) is 1. The van der Waals surface area contributed by atoms with Crippen molar-refractivity contribution in [1.29, 1.82) is 0 Å². The maximum atomic E-state index is 12.9. The Bertz CT molecular complexity index is 775. The fraction of sp³-hybridized carbons (Fsp3) is 0.476. The van der Waals surface area contributed by atoms with Gasteiger partial charge in [0.05, 0.1) is 18.3 Å². The van der Waals surface area contributed by atoms with Gasteiger partial charge < -0.3 is 15.0 Å². The second-order valence-corrected chi connectivity index (χ2v) is 7.30. The number of rotatable bonds is 6. The van der Waals surface area contributed by atoms with E-state index in [-0.39, 0.29) is 12.1 Å². The number of hydrogen-bond acceptors (Lipinski definition) is 4. The molecule has 2 amide bonds. The maximum Gasteiger partial charge on any atom is 0.318 e. The van der Waals surface area contributed by atoms with Crippen LogP contribution in [0, 0.1) is 0 Å². The highest BCUT2D eigenvalue weighted by molar-refractivity contribution is 5.74. The first-order valence-corrected chi connectivity index (χ1v) is 9.79. The number of urea groups is 1. The molecule has 142 valence electrons. The molecule has 3 heterocycles. The van der Waals surface area contributed by atoms with Crippen LogP contribution in [0.4, 0.5) is 4.79 Å². The van der Waals surface area contributed by atoms with Gasteiger partial charge in [0.2, 0.25) is 0 Å². The number of ether oxygens (including phenoxy) is 1. The second-order valence-electron chi connectivity index (χ2n) is 7.30. The van der Waals surface area contributed by atoms with E-state index in [1.807, 2.05) is 24.4 Å². The summed E-state index contributed by atoms with van der Waals surface area (Å²) in [6.07, 6.45) is 9.15. The predicted molar refractivity (Wildman–Crippen MR) is 102 cm³/mol. The van der Waals surface area contributed by atoms with Crippen molar-refractivity contribution in [2.45, 2.75) is 51.3 Å². The van der Waals surface area contributed by atoms with Crippen molar-refractivity contribution in [1.82, 2.24) is 20.2 Å². The molecule has 6 nitrogen and oxygen atoms in total. The summed E-state index contributed by atoms with van der Waals surface area (Å²) in [6, 6.07) is 7.87. The van der Waals surface area contributed by atoms with Crippen LogP contribution in [-0.4, -0.2) is 40.2 Å². The van der Waals surface area contributed by atoms with Crippen molar-refractivity contribution < 1.29 is 9.53 Å². The van der Waals surface area contributed by atoms with E-state index in [9.17, 15) is 4.79 Å². The first kappa shape index (κ1) is 17.9. The number of pyridine rings is 2. The van der Waals surface area contributed by atoms with Crippen molar-refractivity contribution in [3.05, 3.63) is 59.2 Å². The average Bonchev–Trinajstić information content (AvgIpc) is 3.37. The molecule has 2 aliphatic rings. The number of amides is 2. The molecule has 1 atom stereocenters. The zero-order valence-electron chi connectivity index (χ0n) is 15.6. The summed E-state index contributed by atoms with van der Waals surface area (Å²) in [7, 11) is 0. The van der Waals surface area contributed by atoms with Gasteiger partial charge in [0, 0.05) is 37.8 Å². The molecule has 1 saturated heterocycles. The van der Waals surface area contributed by atoms with E-state index in [1.54, 1.807) is 11.1 Å². The van der Waals surface area contributed by atoms with Gasteiger partial charge in [0.15, 0.2) is 0 Å². The Morgan fingerprint density at radius 1 is 1.26 bits per heavy atom. The van der Waals surface area contributed by atoms with E-state index in [0.29, 0.717) is 19.6 Å². The normalized spacial score (nSPS) is 18.3. The zero-order chi connectivity index (χ0) is 18.5. The Labute approximate surface area is 160 Å². The van der Waals surface area contributed by atoms with Gasteiger partial charge in [-0.05, 0) is 55.4 Å². The minimum absolute atomic E-state index is 0.0864. The zero-order valence-corrected chi connectivity index (χ0v) is 15.6. The van der Waals surface area contributed by atoms with Crippen LogP contribution in [0.3, 0.4) is 0 Å². The third kappa shape index (κ3) is 4.63. The summed E-state index contributed by atoms with van der Waals surface area (Å²) in [5.41, 5.74) is 4.47. The van der Waals surface area contributed by atoms with Gasteiger partial charge in [-0.25, -0.2) is 4.79 Å². The monoisotopic (exact) mass is 366 g/mol. The number of aromatic nitrogens is 2. The standard InChI is InChI=1S/C21H26N4O2/c26-21(24-13-16-11-17-5-3-8-20(17)23-12-16)25(15-19-7-4-10-27-19)14-18-6-1-2-9-22-18/h1-2,6,9,11-12,19H,3-5,7-8,10,13-15H2,(H,24,26)/t19-/m0/s1. The van der Waals surface area contributed by atoms with Gasteiger partial charge >= 0.3 is 6.03 Å². The van der Waals surface area contributed by atoms with Crippen LogP contribution in [0.1, 0.15) is 41.8 Å². The molecule has 6 heteroatoms. The molecule has 27 heavy (non-hydrogen) atoms. The van der Waals surface area contributed by atoms with Crippen molar-refractivity contribution >= 4 is 6.03 Å². The van der Waals surface area contributed by atoms with E-state index in [1.165, 1.54) is 17.7 Å². The Morgan fingerprint density at radius 3 is 3.04 bits per heavy atom. The van der Waals surface area contributed by atoms with Crippen LogP contribution >= 0.6 is 0 Å². The summed E-state index contributed by atoms with van der Waals surface area (Å²) >= 11 is 0. The first-order chi connectivity index (χ1) is 13.3. The molecule has 0 bridgehead atoms. The lowest BCUT2D eigenvalue weighted by Gasteiger charge is -2.25. The topological polar surface area (TPSA) is 67.4 Å². The lowest BCUT2D eigenvalue weighted by Crippen LogP contribution is -2.43. The molecule has 0 aromatic carbocycles. The van der Waals surface area contributed by atoms with E-state index in [2.05, 4.69) is 21.4 Å². The molecule has 2 aromatic heterocycles. The Morgan fingerprint density at radius 2 is 2.22 bits per heavy atom. The van der Waals surface area contributed by atoms with Crippen molar-refractivity contribution in [2.24, 2.45) is 0 Å². The summed E-state index contributed by atoms with van der Waals surface area (Å²) in [5.74, 6) is 0. The maximum absolute atomic E-state index is 12.9. The third-order valence-electron chi connectivity index (χ3n) is 5.23. The Balaban J connectivity index is 1.39. The third-order valence-corrected chi connectivity index (χ3v) is 5.23. The van der Waals surface area contributed by atoms with E-state index in [0.717, 1.165) is 43.5 Å². The smallest absolute Gasteiger partial charge is 0.318 e. The molecule has 0 spiro atoms. The summed E-state index contributed by atoms with van der Waals surface area (Å²) in [6.45, 7) is 2.34. The van der Waals surface area contributed by atoms with Gasteiger partial charge in [0.25, 0.3) is 0 Å². The van der Waals surface area contributed by atoms with Gasteiger partial charge in [-0.3, -0.25) is 9.97 Å². The van der Waals surface area contributed by atoms with Gasteiger partial charge in [-0.15, -0.1) is 0 Å². The Hall–Kier alpha value is -2.47. The van der Waals surface area contributed by atoms with E-state index < -0.39 is 0 Å². The van der Waals surface area contributed by atoms with Crippen LogP contribution in [-0.2, 0) is 30.7 Å². The van der Waals surface area contributed by atoms with Crippen molar-refractivity contribution in [2.75, 3.05) is 13.2 Å². The minimum Gasteiger partial charge on any atom is -0.376 e. The number of aryl methyl sites for hydroxylation is 2. The lowest BCUT2D eigenvalue weighted by atomic mass is 10.1. The second kappa shape index (κ2) is 8.48. The Kier molecular flexibility index (Phi) is 5.63. The van der Waals surface area contributed by atoms with Crippen LogP contribution < -0.4 is 5.32 Å². The highest BCUT2D eigenvalue weighted by Crippen LogP contribution is 2.20. The number of carbonyl (C=O) groups is 1. The molecule has 1 fully saturated rings. The quantitative estimate of drug-likeness (QED) is 0.854. The number of carbonyl (C=O) groups excluding carboxylic acids is 1. The molecule has 1 aliphatic heterocycles. The van der Waals surface area contributed by atoms with Crippen molar-refractivity contribution in [3.63, 3.8) is 0 Å². The van der Waals surface area contributed by atoms with Gasteiger partial charge in [-0.1, -0.05) is 12.1 Å². The molecule has 1 N–H and O–H groups in total. The van der Waals surface area contributed by atoms with E-state index in [4.69, 9.17) is 4.74 Å². The lowest BCUT2D eigenvalue weighted by molar-refractivity contribution is 0.0791. The first-order valence-electron chi connectivity index (χ1n) is 9.79. The number of nitrogens with zero attached hydrogens (tertiary/aromatic N) is 3. The summed E-state index contributed by atoms with van der Waals surface area (Å²) < 4.78 is 5.73.